The summed E-state index contributed by atoms with van der Waals surface area (Å²) >= 11 is 0. The number of piperazine rings is 1. The van der Waals surface area contributed by atoms with Crippen molar-refractivity contribution < 1.29 is 23.1 Å². The van der Waals surface area contributed by atoms with E-state index in [0.29, 0.717) is 6.42 Å². The van der Waals surface area contributed by atoms with Crippen LogP contribution in [0.1, 0.15) is 44.2 Å². The molecule has 1 aliphatic heterocycles. The molecule has 1 aliphatic rings. The maximum absolute atomic E-state index is 13.0. The van der Waals surface area contributed by atoms with Gasteiger partial charge in [-0.25, -0.2) is 0 Å². The fraction of sp³-hybridized carbons (Fsp3) is 0.480. The van der Waals surface area contributed by atoms with Crippen LogP contribution in [0.5, 0.6) is 0 Å². The first-order valence-corrected chi connectivity index (χ1v) is 11.1. The highest BCUT2D eigenvalue weighted by Crippen LogP contribution is 2.39. The van der Waals surface area contributed by atoms with E-state index in [1.807, 2.05) is 29.2 Å². The molecule has 1 unspecified atom stereocenters. The highest BCUT2D eigenvalue weighted by Gasteiger charge is 2.51. The highest BCUT2D eigenvalue weighted by atomic mass is 19.4. The quantitative estimate of drug-likeness (QED) is 0.651. The minimum atomic E-state index is -4.73. The average molecular weight is 449 g/mol. The Morgan fingerprint density at radius 1 is 0.938 bits per heavy atom. The van der Waals surface area contributed by atoms with Crippen molar-refractivity contribution in [1.29, 1.82) is 0 Å². The van der Waals surface area contributed by atoms with Crippen LogP contribution in [-0.4, -0.2) is 53.2 Å². The molecule has 1 fully saturated rings. The number of halogens is 3. The summed E-state index contributed by atoms with van der Waals surface area (Å²) in [6.07, 6.45) is -2.13. The summed E-state index contributed by atoms with van der Waals surface area (Å²) in [6.45, 7) is 6.86. The molecule has 1 saturated heterocycles. The number of hydrogen-bond donors (Lipinski definition) is 1. The van der Waals surface area contributed by atoms with E-state index in [1.54, 1.807) is 12.1 Å². The Labute approximate surface area is 187 Å². The van der Waals surface area contributed by atoms with Crippen LogP contribution in [0.4, 0.5) is 13.2 Å². The molecule has 0 aromatic heterocycles. The van der Waals surface area contributed by atoms with Crippen LogP contribution < -0.4 is 0 Å². The van der Waals surface area contributed by atoms with Crippen LogP contribution >= 0.6 is 0 Å². The zero-order valence-corrected chi connectivity index (χ0v) is 18.7. The van der Waals surface area contributed by atoms with Crippen LogP contribution in [-0.2, 0) is 16.9 Å². The molecule has 1 heterocycles. The van der Waals surface area contributed by atoms with E-state index in [9.17, 15) is 23.1 Å². The molecule has 3 rings (SSSR count). The third-order valence-corrected chi connectivity index (χ3v) is 6.16. The van der Waals surface area contributed by atoms with Gasteiger partial charge in [-0.2, -0.15) is 13.2 Å². The lowest BCUT2D eigenvalue weighted by atomic mass is 9.93. The van der Waals surface area contributed by atoms with Gasteiger partial charge in [0.2, 0.25) is 5.91 Å². The number of alkyl halides is 3. The van der Waals surface area contributed by atoms with Crippen molar-refractivity contribution in [3.05, 3.63) is 59.7 Å². The summed E-state index contributed by atoms with van der Waals surface area (Å²) in [5, 5.41) is 9.81. The number of carbonyl (C=O) groups is 1. The molecule has 1 N–H and O–H groups in total. The Morgan fingerprint density at radius 3 is 1.97 bits per heavy atom. The fourth-order valence-electron chi connectivity index (χ4n) is 3.85. The molecule has 0 bridgehead atoms. The van der Waals surface area contributed by atoms with Gasteiger partial charge in [0.1, 0.15) is 0 Å². The summed E-state index contributed by atoms with van der Waals surface area (Å²) < 4.78 is 39.0. The van der Waals surface area contributed by atoms with E-state index >= 15 is 0 Å². The second-order valence-electron chi connectivity index (χ2n) is 8.60. The molecule has 2 aromatic rings. The van der Waals surface area contributed by atoms with Crippen molar-refractivity contribution in [3.63, 3.8) is 0 Å². The molecule has 0 spiro atoms. The number of rotatable bonds is 7. The average Bonchev–Trinajstić information content (AvgIpc) is 2.78. The Morgan fingerprint density at radius 2 is 1.47 bits per heavy atom. The summed E-state index contributed by atoms with van der Waals surface area (Å²) in [7, 11) is 0. The summed E-state index contributed by atoms with van der Waals surface area (Å²) in [4.78, 5) is 16.4. The molecule has 174 valence electrons. The van der Waals surface area contributed by atoms with Gasteiger partial charge in [-0.1, -0.05) is 61.9 Å². The van der Waals surface area contributed by atoms with Gasteiger partial charge >= 0.3 is 6.18 Å². The highest BCUT2D eigenvalue weighted by molar-refractivity contribution is 5.76. The summed E-state index contributed by atoms with van der Waals surface area (Å²) in [5.74, 6) is 0.249. The van der Waals surface area contributed by atoms with E-state index in [0.717, 1.165) is 69.2 Å². The van der Waals surface area contributed by atoms with E-state index in [4.69, 9.17) is 0 Å². The fourth-order valence-corrected chi connectivity index (χ4v) is 3.85. The van der Waals surface area contributed by atoms with E-state index in [-0.39, 0.29) is 11.5 Å². The number of amides is 1. The molecule has 0 saturated carbocycles. The van der Waals surface area contributed by atoms with Crippen molar-refractivity contribution in [2.45, 2.75) is 51.4 Å². The first-order chi connectivity index (χ1) is 15.1. The maximum Gasteiger partial charge on any atom is 0.421 e. The molecular weight excluding hydrogens is 417 g/mol. The number of aliphatic hydroxyl groups is 1. The van der Waals surface area contributed by atoms with Crippen LogP contribution in [0.25, 0.3) is 11.1 Å². The topological polar surface area (TPSA) is 43.8 Å². The minimum Gasteiger partial charge on any atom is -0.376 e. The van der Waals surface area contributed by atoms with Gasteiger partial charge in [0.05, 0.1) is 0 Å². The van der Waals surface area contributed by atoms with Gasteiger partial charge in [-0.05, 0) is 35.6 Å². The Balaban J connectivity index is 1.56. The third kappa shape index (κ3) is 5.70. The van der Waals surface area contributed by atoms with Gasteiger partial charge in [0.15, 0.2) is 5.60 Å². The van der Waals surface area contributed by atoms with Crippen molar-refractivity contribution in [2.75, 3.05) is 26.2 Å². The Hall–Kier alpha value is -2.38. The summed E-state index contributed by atoms with van der Waals surface area (Å²) in [6, 6.07) is 13.8. The van der Waals surface area contributed by atoms with Crippen LogP contribution in [0.2, 0.25) is 0 Å². The van der Waals surface area contributed by atoms with Crippen molar-refractivity contribution in [1.82, 2.24) is 9.80 Å². The van der Waals surface area contributed by atoms with Gasteiger partial charge < -0.3 is 10.0 Å². The third-order valence-electron chi connectivity index (χ3n) is 6.16. The molecular formula is C25H31F3N2O2. The minimum absolute atomic E-state index is 0.183. The number of benzene rings is 2. The number of hydrogen-bond acceptors (Lipinski definition) is 3. The largest absolute Gasteiger partial charge is 0.421 e. The van der Waals surface area contributed by atoms with Crippen LogP contribution in [0, 0.1) is 0 Å². The molecule has 32 heavy (non-hydrogen) atoms. The monoisotopic (exact) mass is 448 g/mol. The van der Waals surface area contributed by atoms with Crippen LogP contribution in [0.15, 0.2) is 48.5 Å². The van der Waals surface area contributed by atoms with Crippen molar-refractivity contribution in [3.8, 4) is 11.1 Å². The lowest BCUT2D eigenvalue weighted by Gasteiger charge is -2.34. The van der Waals surface area contributed by atoms with Crippen molar-refractivity contribution >= 4 is 5.91 Å². The number of unbranched alkanes of at least 4 members (excludes halogenated alkanes) is 1. The zero-order valence-electron chi connectivity index (χ0n) is 18.7. The SMILES string of the molecule is CCCCC(=O)N1CCN(Cc2ccc(-c3ccc(C(C)(O)C(F)(F)F)cc3)cc2)CC1. The number of nitrogens with zero attached hydrogens (tertiary/aromatic N) is 2. The smallest absolute Gasteiger partial charge is 0.376 e. The second-order valence-corrected chi connectivity index (χ2v) is 8.60. The van der Waals surface area contributed by atoms with E-state index in [1.165, 1.54) is 12.1 Å². The van der Waals surface area contributed by atoms with Gasteiger partial charge in [-0.15, -0.1) is 0 Å². The lowest BCUT2D eigenvalue weighted by molar-refractivity contribution is -0.258. The molecule has 0 radical (unpaired) electrons. The second kappa shape index (κ2) is 10.0. The predicted octanol–water partition coefficient (Wildman–Crippen LogP) is 4.96. The first kappa shape index (κ1) is 24.3. The maximum atomic E-state index is 13.0. The van der Waals surface area contributed by atoms with E-state index in [2.05, 4.69) is 11.8 Å². The normalized spacial score (nSPS) is 17.2. The van der Waals surface area contributed by atoms with Gasteiger partial charge in [0, 0.05) is 39.1 Å². The molecule has 2 aromatic carbocycles. The molecule has 1 amide bonds. The Kier molecular flexibility index (Phi) is 7.62. The van der Waals surface area contributed by atoms with Gasteiger partial charge in [0.25, 0.3) is 0 Å². The molecule has 4 nitrogen and oxygen atoms in total. The molecule has 0 aliphatic carbocycles. The molecule has 7 heteroatoms. The summed E-state index contributed by atoms with van der Waals surface area (Å²) in [5.41, 5.74) is -0.218. The van der Waals surface area contributed by atoms with Gasteiger partial charge in [-0.3, -0.25) is 9.69 Å². The standard InChI is InChI=1S/C25H31F3N2O2/c1-3-4-5-23(31)30-16-14-29(15-17-30)18-19-6-8-20(9-7-19)21-10-12-22(13-11-21)24(2,32)25(26,27)28/h6-13,32H,3-5,14-18H2,1-2H3. The van der Waals surface area contributed by atoms with E-state index < -0.39 is 11.8 Å². The number of carbonyl (C=O) groups excluding carboxylic acids is 1. The zero-order chi connectivity index (χ0) is 23.4. The van der Waals surface area contributed by atoms with Crippen LogP contribution in [0.3, 0.4) is 0 Å². The predicted molar refractivity (Wildman–Crippen MR) is 119 cm³/mol. The Bertz CT molecular complexity index is 885. The first-order valence-electron chi connectivity index (χ1n) is 11.1. The van der Waals surface area contributed by atoms with Crippen molar-refractivity contribution in [2.24, 2.45) is 0 Å². The molecule has 1 atom stereocenters. The lowest BCUT2D eigenvalue weighted by Crippen LogP contribution is -2.48.